The Kier molecular flexibility index (Phi) is 5.53. The van der Waals surface area contributed by atoms with Crippen LogP contribution in [-0.4, -0.2) is 34.2 Å². The van der Waals surface area contributed by atoms with Crippen LogP contribution in [0.3, 0.4) is 0 Å². The number of rotatable bonds is 6. The molecule has 1 atom stereocenters. The molecule has 1 aromatic heterocycles. The van der Waals surface area contributed by atoms with E-state index in [2.05, 4.69) is 22.4 Å². The molecule has 0 spiro atoms. The molecule has 0 saturated heterocycles. The summed E-state index contributed by atoms with van der Waals surface area (Å²) >= 11 is 1.71. The van der Waals surface area contributed by atoms with E-state index >= 15 is 0 Å². The Bertz CT molecular complexity index is 403. The summed E-state index contributed by atoms with van der Waals surface area (Å²) in [6, 6.07) is 0.158. The monoisotopic (exact) mass is 270 g/mol. The number of anilines is 1. The van der Waals surface area contributed by atoms with Crippen LogP contribution >= 0.6 is 11.8 Å². The fourth-order valence-electron chi connectivity index (χ4n) is 1.69. The lowest BCUT2D eigenvalue weighted by atomic mass is 10.1. The summed E-state index contributed by atoms with van der Waals surface area (Å²) in [5.41, 5.74) is 7.52. The zero-order valence-corrected chi connectivity index (χ0v) is 12.2. The van der Waals surface area contributed by atoms with E-state index in [9.17, 15) is 4.79 Å². The number of thioether (sulfide) groups is 1. The standard InChI is InChI=1S/C12H22N4OS/c1-5-8(6-18-4)14-12(17)11-9(13)10(7(2)3)15-16-11/h7-8H,5-6,13H2,1-4H3,(H,14,17)(H,15,16). The first-order valence-corrected chi connectivity index (χ1v) is 7.54. The number of H-pyrrole nitrogens is 1. The van der Waals surface area contributed by atoms with E-state index in [1.165, 1.54) is 0 Å². The highest BCUT2D eigenvalue weighted by atomic mass is 32.2. The summed E-state index contributed by atoms with van der Waals surface area (Å²) in [6.07, 6.45) is 2.92. The normalized spacial score (nSPS) is 12.7. The molecule has 0 aliphatic carbocycles. The lowest BCUT2D eigenvalue weighted by Crippen LogP contribution is -2.36. The van der Waals surface area contributed by atoms with Crippen molar-refractivity contribution >= 4 is 23.4 Å². The Hall–Kier alpha value is -1.17. The molecule has 0 fully saturated rings. The number of aromatic amines is 1. The number of hydrogen-bond acceptors (Lipinski definition) is 4. The number of nitrogens with zero attached hydrogens (tertiary/aromatic N) is 1. The van der Waals surface area contributed by atoms with E-state index in [0.29, 0.717) is 11.4 Å². The molecule has 102 valence electrons. The van der Waals surface area contributed by atoms with Crippen molar-refractivity contribution < 1.29 is 4.79 Å². The highest BCUT2D eigenvalue weighted by Gasteiger charge is 2.20. The van der Waals surface area contributed by atoms with Crippen molar-refractivity contribution in [2.45, 2.75) is 39.2 Å². The number of nitrogens with two attached hydrogens (primary N) is 1. The van der Waals surface area contributed by atoms with E-state index in [0.717, 1.165) is 17.9 Å². The fourth-order valence-corrected chi connectivity index (χ4v) is 2.42. The quantitative estimate of drug-likeness (QED) is 0.738. The summed E-state index contributed by atoms with van der Waals surface area (Å²) in [7, 11) is 0. The Labute approximate surface area is 112 Å². The lowest BCUT2D eigenvalue weighted by molar-refractivity contribution is 0.0936. The summed E-state index contributed by atoms with van der Waals surface area (Å²) in [6.45, 7) is 6.07. The largest absolute Gasteiger partial charge is 0.395 e. The average molecular weight is 270 g/mol. The summed E-state index contributed by atoms with van der Waals surface area (Å²) in [5, 5.41) is 9.81. The minimum absolute atomic E-state index is 0.158. The van der Waals surface area contributed by atoms with Crippen LogP contribution in [0.25, 0.3) is 0 Å². The number of amides is 1. The Morgan fingerprint density at radius 2 is 2.22 bits per heavy atom. The number of carbonyl (C=O) groups excluding carboxylic acids is 1. The van der Waals surface area contributed by atoms with E-state index < -0.39 is 0 Å². The summed E-state index contributed by atoms with van der Waals surface area (Å²) in [4.78, 5) is 12.1. The minimum atomic E-state index is -0.198. The maximum atomic E-state index is 12.1. The number of hydrogen-bond donors (Lipinski definition) is 3. The van der Waals surface area contributed by atoms with E-state index in [-0.39, 0.29) is 17.9 Å². The van der Waals surface area contributed by atoms with Gasteiger partial charge in [0.25, 0.3) is 5.91 Å². The van der Waals surface area contributed by atoms with Crippen molar-refractivity contribution in [1.29, 1.82) is 0 Å². The minimum Gasteiger partial charge on any atom is -0.395 e. The third-order valence-corrected chi connectivity index (χ3v) is 3.56. The summed E-state index contributed by atoms with van der Waals surface area (Å²) < 4.78 is 0. The molecule has 0 aromatic carbocycles. The first-order valence-electron chi connectivity index (χ1n) is 6.14. The Morgan fingerprint density at radius 3 is 2.67 bits per heavy atom. The first kappa shape index (κ1) is 14.9. The zero-order chi connectivity index (χ0) is 13.7. The molecule has 1 heterocycles. The van der Waals surface area contributed by atoms with Gasteiger partial charge >= 0.3 is 0 Å². The van der Waals surface area contributed by atoms with Gasteiger partial charge < -0.3 is 11.1 Å². The molecule has 1 rings (SSSR count). The van der Waals surface area contributed by atoms with Crippen LogP contribution in [0, 0.1) is 0 Å². The van der Waals surface area contributed by atoms with Gasteiger partial charge in [-0.2, -0.15) is 16.9 Å². The van der Waals surface area contributed by atoms with Gasteiger partial charge in [0.15, 0.2) is 5.69 Å². The van der Waals surface area contributed by atoms with Crippen LogP contribution in [0.2, 0.25) is 0 Å². The van der Waals surface area contributed by atoms with Gasteiger partial charge in [-0.1, -0.05) is 20.8 Å². The smallest absolute Gasteiger partial charge is 0.274 e. The zero-order valence-electron chi connectivity index (χ0n) is 11.4. The van der Waals surface area contributed by atoms with Gasteiger partial charge in [0.1, 0.15) is 0 Å². The number of nitrogens with one attached hydrogen (secondary N) is 2. The highest BCUT2D eigenvalue weighted by Crippen LogP contribution is 2.22. The molecule has 6 heteroatoms. The predicted octanol–water partition coefficient (Wildman–Crippen LogP) is 1.99. The maximum absolute atomic E-state index is 12.1. The molecule has 0 aliphatic rings. The van der Waals surface area contributed by atoms with E-state index in [1.807, 2.05) is 20.1 Å². The molecular formula is C12H22N4OS. The van der Waals surface area contributed by atoms with Gasteiger partial charge in [-0.05, 0) is 18.6 Å². The van der Waals surface area contributed by atoms with Crippen LogP contribution in [-0.2, 0) is 0 Å². The second kappa shape index (κ2) is 6.68. The number of aromatic nitrogens is 2. The van der Waals surface area contributed by atoms with E-state index in [1.54, 1.807) is 11.8 Å². The molecule has 0 radical (unpaired) electrons. The van der Waals surface area contributed by atoms with Gasteiger partial charge in [-0.3, -0.25) is 9.89 Å². The third-order valence-electron chi connectivity index (χ3n) is 2.82. The van der Waals surface area contributed by atoms with Crippen LogP contribution in [0.1, 0.15) is 49.3 Å². The van der Waals surface area contributed by atoms with Crippen LogP contribution < -0.4 is 11.1 Å². The molecule has 4 N–H and O–H groups in total. The van der Waals surface area contributed by atoms with Crippen LogP contribution in [0.4, 0.5) is 5.69 Å². The van der Waals surface area contributed by atoms with Crippen LogP contribution in [0.5, 0.6) is 0 Å². The lowest BCUT2D eigenvalue weighted by Gasteiger charge is -2.14. The van der Waals surface area contributed by atoms with Gasteiger partial charge in [0.2, 0.25) is 0 Å². The van der Waals surface area contributed by atoms with E-state index in [4.69, 9.17) is 5.73 Å². The predicted molar refractivity (Wildman–Crippen MR) is 77.0 cm³/mol. The van der Waals surface area contributed by atoms with Crippen molar-refractivity contribution in [2.24, 2.45) is 0 Å². The molecule has 1 unspecified atom stereocenters. The fraction of sp³-hybridized carbons (Fsp3) is 0.667. The molecule has 5 nitrogen and oxygen atoms in total. The highest BCUT2D eigenvalue weighted by molar-refractivity contribution is 7.98. The molecule has 1 amide bonds. The molecular weight excluding hydrogens is 248 g/mol. The van der Waals surface area contributed by atoms with Crippen molar-refractivity contribution in [2.75, 3.05) is 17.7 Å². The molecule has 0 bridgehead atoms. The first-order chi connectivity index (χ1) is 8.51. The van der Waals surface area contributed by atoms with Crippen LogP contribution in [0.15, 0.2) is 0 Å². The molecule has 1 aromatic rings. The second-order valence-electron chi connectivity index (χ2n) is 4.59. The Balaban J connectivity index is 2.78. The number of nitrogen functional groups attached to an aromatic ring is 1. The number of carbonyl (C=O) groups is 1. The van der Waals surface area contributed by atoms with Gasteiger partial charge in [0, 0.05) is 11.8 Å². The SMILES string of the molecule is CCC(CSC)NC(=O)c1n[nH]c(C(C)C)c1N. The maximum Gasteiger partial charge on any atom is 0.274 e. The molecule has 0 saturated carbocycles. The van der Waals surface area contributed by atoms with Gasteiger partial charge in [0.05, 0.1) is 11.4 Å². The van der Waals surface area contributed by atoms with Crippen molar-refractivity contribution in [1.82, 2.24) is 15.5 Å². The Morgan fingerprint density at radius 1 is 1.56 bits per heavy atom. The van der Waals surface area contributed by atoms with Crippen molar-refractivity contribution in [3.8, 4) is 0 Å². The average Bonchev–Trinajstić information content (AvgIpc) is 2.70. The molecule has 18 heavy (non-hydrogen) atoms. The second-order valence-corrected chi connectivity index (χ2v) is 5.50. The third kappa shape index (κ3) is 3.41. The van der Waals surface area contributed by atoms with Gasteiger partial charge in [-0.15, -0.1) is 0 Å². The van der Waals surface area contributed by atoms with Crippen molar-refractivity contribution in [3.63, 3.8) is 0 Å². The summed E-state index contributed by atoms with van der Waals surface area (Å²) in [5.74, 6) is 0.924. The molecule has 0 aliphatic heterocycles. The van der Waals surface area contributed by atoms with Crippen molar-refractivity contribution in [3.05, 3.63) is 11.4 Å². The topological polar surface area (TPSA) is 83.8 Å². The van der Waals surface area contributed by atoms with Gasteiger partial charge in [-0.25, -0.2) is 0 Å².